The zero-order chi connectivity index (χ0) is 15.1. The fourth-order valence-electron chi connectivity index (χ4n) is 1.89. The SMILES string of the molecule is COCCc1ccc(OCC(=O)c2ccccc2Br)cc1. The van der Waals surface area contributed by atoms with Crippen LogP contribution < -0.4 is 4.74 Å². The Morgan fingerprint density at radius 1 is 1.10 bits per heavy atom. The van der Waals surface area contributed by atoms with Crippen LogP contribution in [0.5, 0.6) is 5.75 Å². The highest BCUT2D eigenvalue weighted by molar-refractivity contribution is 9.10. The molecule has 0 fully saturated rings. The minimum Gasteiger partial charge on any atom is -0.485 e. The highest BCUT2D eigenvalue weighted by Crippen LogP contribution is 2.18. The molecule has 0 aromatic heterocycles. The number of Topliss-reactive ketones (excluding diaryl/α,β-unsaturated/α-hetero) is 1. The summed E-state index contributed by atoms with van der Waals surface area (Å²) in [6.45, 7) is 0.723. The number of benzene rings is 2. The van der Waals surface area contributed by atoms with E-state index in [1.807, 2.05) is 42.5 Å². The number of methoxy groups -OCH3 is 1. The Morgan fingerprint density at radius 3 is 2.48 bits per heavy atom. The van der Waals surface area contributed by atoms with Crippen molar-refractivity contribution >= 4 is 21.7 Å². The van der Waals surface area contributed by atoms with Gasteiger partial charge < -0.3 is 9.47 Å². The molecule has 0 bridgehead atoms. The molecule has 2 aromatic carbocycles. The first kappa shape index (κ1) is 15.7. The van der Waals surface area contributed by atoms with Crippen LogP contribution in [0, 0.1) is 0 Å². The van der Waals surface area contributed by atoms with Gasteiger partial charge in [-0.1, -0.05) is 46.3 Å². The molecule has 0 aliphatic heterocycles. The van der Waals surface area contributed by atoms with E-state index < -0.39 is 0 Å². The topological polar surface area (TPSA) is 35.5 Å². The van der Waals surface area contributed by atoms with E-state index >= 15 is 0 Å². The summed E-state index contributed by atoms with van der Waals surface area (Å²) in [4.78, 5) is 12.1. The summed E-state index contributed by atoms with van der Waals surface area (Å²) in [7, 11) is 1.69. The fourth-order valence-corrected chi connectivity index (χ4v) is 2.39. The number of hydrogen-bond donors (Lipinski definition) is 0. The van der Waals surface area contributed by atoms with E-state index in [4.69, 9.17) is 9.47 Å². The second kappa shape index (κ2) is 7.96. The van der Waals surface area contributed by atoms with Crippen LogP contribution in [0.2, 0.25) is 0 Å². The Bertz CT molecular complexity index is 593. The Labute approximate surface area is 133 Å². The standard InChI is InChI=1S/C17H17BrO3/c1-20-11-10-13-6-8-14(9-7-13)21-12-17(19)15-4-2-3-5-16(15)18/h2-9H,10-12H2,1H3. The van der Waals surface area contributed by atoms with Crippen molar-refractivity contribution in [1.82, 2.24) is 0 Å². The maximum Gasteiger partial charge on any atom is 0.201 e. The molecule has 21 heavy (non-hydrogen) atoms. The third-order valence-corrected chi connectivity index (χ3v) is 3.75. The average Bonchev–Trinajstić information content (AvgIpc) is 2.52. The molecule has 2 rings (SSSR count). The second-order valence-corrected chi connectivity index (χ2v) is 5.43. The monoisotopic (exact) mass is 348 g/mol. The van der Waals surface area contributed by atoms with Gasteiger partial charge in [0.25, 0.3) is 0 Å². The Morgan fingerprint density at radius 2 is 1.81 bits per heavy atom. The third-order valence-electron chi connectivity index (χ3n) is 3.06. The summed E-state index contributed by atoms with van der Waals surface area (Å²) in [5, 5.41) is 0. The molecule has 0 N–H and O–H groups in total. The molecule has 0 amide bonds. The number of rotatable bonds is 7. The summed E-state index contributed by atoms with van der Waals surface area (Å²) in [6, 6.07) is 15.1. The van der Waals surface area contributed by atoms with Gasteiger partial charge in [0.05, 0.1) is 6.61 Å². The Balaban J connectivity index is 1.91. The molecule has 4 heteroatoms. The quantitative estimate of drug-likeness (QED) is 0.712. The van der Waals surface area contributed by atoms with Crippen molar-refractivity contribution in [1.29, 1.82) is 0 Å². The molecule has 0 saturated carbocycles. The lowest BCUT2D eigenvalue weighted by atomic mass is 10.1. The molecule has 0 aliphatic rings. The molecule has 0 spiro atoms. The molecule has 0 aliphatic carbocycles. The lowest BCUT2D eigenvalue weighted by molar-refractivity contribution is 0.0921. The van der Waals surface area contributed by atoms with Crippen LogP contribution in [0.1, 0.15) is 15.9 Å². The molecule has 0 atom stereocenters. The summed E-state index contributed by atoms with van der Waals surface area (Å²) in [5.74, 6) is 0.641. The van der Waals surface area contributed by atoms with Crippen LogP contribution in [0.3, 0.4) is 0 Å². The molecule has 0 saturated heterocycles. The van der Waals surface area contributed by atoms with Crippen molar-refractivity contribution in [2.24, 2.45) is 0 Å². The van der Waals surface area contributed by atoms with Crippen molar-refractivity contribution in [3.63, 3.8) is 0 Å². The maximum absolute atomic E-state index is 12.1. The number of ether oxygens (including phenoxy) is 2. The van der Waals surface area contributed by atoms with Gasteiger partial charge >= 0.3 is 0 Å². The highest BCUT2D eigenvalue weighted by atomic mass is 79.9. The predicted molar refractivity (Wildman–Crippen MR) is 86.0 cm³/mol. The Kier molecular flexibility index (Phi) is 5.96. The van der Waals surface area contributed by atoms with Gasteiger partial charge in [-0.15, -0.1) is 0 Å². The number of carbonyl (C=O) groups excluding carboxylic acids is 1. The van der Waals surface area contributed by atoms with E-state index in [9.17, 15) is 4.79 Å². The van der Waals surface area contributed by atoms with E-state index in [0.29, 0.717) is 17.9 Å². The van der Waals surface area contributed by atoms with Crippen LogP contribution in [0.25, 0.3) is 0 Å². The van der Waals surface area contributed by atoms with Gasteiger partial charge in [0, 0.05) is 17.1 Å². The minimum absolute atomic E-state index is 0.0278. The van der Waals surface area contributed by atoms with Gasteiger partial charge in [-0.3, -0.25) is 4.79 Å². The summed E-state index contributed by atoms with van der Waals surface area (Å²) in [6.07, 6.45) is 0.868. The van der Waals surface area contributed by atoms with Gasteiger partial charge in [0.2, 0.25) is 5.78 Å². The average molecular weight is 349 g/mol. The van der Waals surface area contributed by atoms with Crippen molar-refractivity contribution < 1.29 is 14.3 Å². The first-order valence-corrected chi connectivity index (χ1v) is 7.48. The van der Waals surface area contributed by atoms with Crippen molar-refractivity contribution in [2.75, 3.05) is 20.3 Å². The van der Waals surface area contributed by atoms with Crippen LogP contribution in [0.4, 0.5) is 0 Å². The van der Waals surface area contributed by atoms with Gasteiger partial charge in [-0.2, -0.15) is 0 Å². The zero-order valence-corrected chi connectivity index (χ0v) is 13.4. The van der Waals surface area contributed by atoms with Gasteiger partial charge in [0.1, 0.15) is 5.75 Å². The summed E-state index contributed by atoms with van der Waals surface area (Å²) in [5.41, 5.74) is 1.82. The number of hydrogen-bond acceptors (Lipinski definition) is 3. The van der Waals surface area contributed by atoms with Gasteiger partial charge in [-0.05, 0) is 30.2 Å². The maximum atomic E-state index is 12.1. The lowest BCUT2D eigenvalue weighted by Crippen LogP contribution is -2.12. The predicted octanol–water partition coefficient (Wildman–Crippen LogP) is 3.90. The van der Waals surface area contributed by atoms with E-state index in [2.05, 4.69) is 15.9 Å². The molecule has 3 nitrogen and oxygen atoms in total. The van der Waals surface area contributed by atoms with Crippen molar-refractivity contribution in [3.8, 4) is 5.75 Å². The number of ketones is 1. The fraction of sp³-hybridized carbons (Fsp3) is 0.235. The second-order valence-electron chi connectivity index (χ2n) is 4.58. The molecule has 0 unspecified atom stereocenters. The number of carbonyl (C=O) groups is 1. The normalized spacial score (nSPS) is 10.4. The molecule has 110 valence electrons. The third kappa shape index (κ3) is 4.69. The molecule has 0 heterocycles. The molecule has 0 radical (unpaired) electrons. The van der Waals surface area contributed by atoms with Gasteiger partial charge in [-0.25, -0.2) is 0 Å². The van der Waals surface area contributed by atoms with Crippen LogP contribution in [-0.2, 0) is 11.2 Å². The Hall–Kier alpha value is -1.65. The molecular formula is C17H17BrO3. The lowest BCUT2D eigenvalue weighted by Gasteiger charge is -2.07. The first-order valence-electron chi connectivity index (χ1n) is 6.69. The smallest absolute Gasteiger partial charge is 0.201 e. The van der Waals surface area contributed by atoms with Gasteiger partial charge in [0.15, 0.2) is 6.61 Å². The highest BCUT2D eigenvalue weighted by Gasteiger charge is 2.10. The van der Waals surface area contributed by atoms with Crippen molar-refractivity contribution in [3.05, 3.63) is 64.1 Å². The zero-order valence-electron chi connectivity index (χ0n) is 11.8. The van der Waals surface area contributed by atoms with E-state index in [-0.39, 0.29) is 12.4 Å². The molecular weight excluding hydrogens is 332 g/mol. The van der Waals surface area contributed by atoms with E-state index in [1.165, 1.54) is 5.56 Å². The largest absolute Gasteiger partial charge is 0.485 e. The number of halogens is 1. The van der Waals surface area contributed by atoms with Crippen LogP contribution in [0.15, 0.2) is 53.0 Å². The van der Waals surface area contributed by atoms with E-state index in [0.717, 1.165) is 10.9 Å². The molecule has 2 aromatic rings. The minimum atomic E-state index is -0.0501. The summed E-state index contributed by atoms with van der Waals surface area (Å²) < 4.78 is 11.4. The summed E-state index contributed by atoms with van der Waals surface area (Å²) >= 11 is 3.37. The first-order chi connectivity index (χ1) is 10.2. The van der Waals surface area contributed by atoms with Crippen LogP contribution >= 0.6 is 15.9 Å². The van der Waals surface area contributed by atoms with Crippen molar-refractivity contribution in [2.45, 2.75) is 6.42 Å². The van der Waals surface area contributed by atoms with E-state index in [1.54, 1.807) is 13.2 Å². The van der Waals surface area contributed by atoms with Crippen LogP contribution in [-0.4, -0.2) is 26.1 Å².